The Hall–Kier alpha value is -2.11. The minimum Gasteiger partial charge on any atom is -0.368 e. The van der Waals surface area contributed by atoms with Crippen molar-refractivity contribution in [2.75, 3.05) is 37.0 Å². The standard InChI is InChI=1S/C25H31ClFN3O.H2/c1-28-21-13-14-30(16-21)24-12-11-22(15-23(24)27)29(2)25(31)19-5-3-17(4-6-19)18-7-9-20(26)10-8-18;/h7-12,15,17,19,21,28H,3-6,13-14,16H2,1-2H3;1H. The van der Waals surface area contributed by atoms with E-state index in [1.54, 1.807) is 11.9 Å². The molecule has 6 heteroatoms. The van der Waals surface area contributed by atoms with Crippen LogP contribution in [0.25, 0.3) is 0 Å². The van der Waals surface area contributed by atoms with E-state index in [1.165, 1.54) is 11.6 Å². The lowest BCUT2D eigenvalue weighted by Gasteiger charge is -2.31. The van der Waals surface area contributed by atoms with Gasteiger partial charge in [-0.15, -0.1) is 0 Å². The van der Waals surface area contributed by atoms with Gasteiger partial charge in [-0.3, -0.25) is 4.79 Å². The molecule has 1 saturated carbocycles. The summed E-state index contributed by atoms with van der Waals surface area (Å²) < 4.78 is 14.9. The Morgan fingerprint density at radius 3 is 2.45 bits per heavy atom. The van der Waals surface area contributed by atoms with Gasteiger partial charge in [0, 0.05) is 44.2 Å². The van der Waals surface area contributed by atoms with Crippen molar-refractivity contribution in [3.05, 3.63) is 58.9 Å². The number of likely N-dealkylation sites (N-methyl/N-ethyl adjacent to an activating group) is 1. The van der Waals surface area contributed by atoms with E-state index < -0.39 is 0 Å². The fourth-order valence-corrected chi connectivity index (χ4v) is 5.11. The first kappa shape index (κ1) is 22.1. The van der Waals surface area contributed by atoms with Crippen LogP contribution < -0.4 is 15.1 Å². The molecule has 4 nitrogen and oxygen atoms in total. The topological polar surface area (TPSA) is 35.6 Å². The van der Waals surface area contributed by atoms with Crippen molar-refractivity contribution >= 4 is 28.9 Å². The van der Waals surface area contributed by atoms with Crippen LogP contribution in [0.15, 0.2) is 42.5 Å². The fourth-order valence-electron chi connectivity index (χ4n) is 4.99. The van der Waals surface area contributed by atoms with Crippen molar-refractivity contribution in [3.8, 4) is 0 Å². The van der Waals surface area contributed by atoms with Crippen LogP contribution in [0.1, 0.15) is 45.0 Å². The Labute approximate surface area is 190 Å². The van der Waals surface area contributed by atoms with Gasteiger partial charge in [0.25, 0.3) is 0 Å². The summed E-state index contributed by atoms with van der Waals surface area (Å²) >= 11 is 6.00. The number of hydrogen-bond acceptors (Lipinski definition) is 3. The van der Waals surface area contributed by atoms with Crippen LogP contribution in [0.5, 0.6) is 0 Å². The summed E-state index contributed by atoms with van der Waals surface area (Å²) in [5.41, 5.74) is 2.53. The van der Waals surface area contributed by atoms with Gasteiger partial charge in [0.2, 0.25) is 5.91 Å². The smallest absolute Gasteiger partial charge is 0.229 e. The van der Waals surface area contributed by atoms with Crippen LogP contribution in [0, 0.1) is 11.7 Å². The Balaban J connectivity index is 0.00000289. The molecule has 31 heavy (non-hydrogen) atoms. The number of halogens is 2. The first-order valence-corrected chi connectivity index (χ1v) is 11.6. The maximum Gasteiger partial charge on any atom is 0.229 e. The van der Waals surface area contributed by atoms with E-state index in [9.17, 15) is 9.18 Å². The predicted molar refractivity (Wildman–Crippen MR) is 128 cm³/mol. The van der Waals surface area contributed by atoms with Crippen molar-refractivity contribution in [1.82, 2.24) is 5.32 Å². The van der Waals surface area contributed by atoms with E-state index in [0.717, 1.165) is 50.2 Å². The zero-order chi connectivity index (χ0) is 22.0. The highest BCUT2D eigenvalue weighted by Gasteiger charge is 2.30. The molecule has 2 fully saturated rings. The molecule has 1 heterocycles. The van der Waals surface area contributed by atoms with Crippen LogP contribution in [-0.2, 0) is 4.79 Å². The third kappa shape index (κ3) is 4.88. The summed E-state index contributed by atoms with van der Waals surface area (Å²) in [7, 11) is 3.70. The van der Waals surface area contributed by atoms with Gasteiger partial charge >= 0.3 is 0 Å². The Morgan fingerprint density at radius 2 is 1.84 bits per heavy atom. The Bertz CT molecular complexity index is 918. The summed E-state index contributed by atoms with van der Waals surface area (Å²) in [4.78, 5) is 16.8. The molecule has 168 valence electrons. The number of carbonyl (C=O) groups excluding carboxylic acids is 1. The van der Waals surface area contributed by atoms with Crippen LogP contribution in [0.4, 0.5) is 15.8 Å². The molecule has 1 aliphatic heterocycles. The average molecular weight is 446 g/mol. The summed E-state index contributed by atoms with van der Waals surface area (Å²) in [6.45, 7) is 1.64. The number of hydrogen-bond donors (Lipinski definition) is 1. The second-order valence-electron chi connectivity index (χ2n) is 8.85. The van der Waals surface area contributed by atoms with Crippen molar-refractivity contribution in [1.29, 1.82) is 0 Å². The molecule has 0 radical (unpaired) electrons. The Morgan fingerprint density at radius 1 is 1.13 bits per heavy atom. The highest BCUT2D eigenvalue weighted by Crippen LogP contribution is 2.37. The van der Waals surface area contributed by atoms with E-state index in [4.69, 9.17) is 11.6 Å². The fraction of sp³-hybridized carbons (Fsp3) is 0.480. The predicted octanol–water partition coefficient (Wildman–Crippen LogP) is 5.46. The molecule has 1 saturated heterocycles. The zero-order valence-corrected chi connectivity index (χ0v) is 19.0. The molecular weight excluding hydrogens is 413 g/mol. The minimum atomic E-state index is -0.264. The lowest BCUT2D eigenvalue weighted by atomic mass is 9.78. The zero-order valence-electron chi connectivity index (χ0n) is 18.3. The molecule has 1 aliphatic carbocycles. The second kappa shape index (κ2) is 9.58. The Kier molecular flexibility index (Phi) is 6.83. The molecule has 2 aliphatic rings. The lowest BCUT2D eigenvalue weighted by molar-refractivity contribution is -0.123. The van der Waals surface area contributed by atoms with Gasteiger partial charge in [0.05, 0.1) is 5.69 Å². The first-order valence-electron chi connectivity index (χ1n) is 11.2. The molecular formula is C25H33ClFN3O. The maximum atomic E-state index is 14.9. The van der Waals surface area contributed by atoms with Crippen LogP contribution in [0.3, 0.4) is 0 Å². The van der Waals surface area contributed by atoms with Crippen LogP contribution in [-0.4, -0.2) is 39.1 Å². The van der Waals surface area contributed by atoms with Gasteiger partial charge in [-0.05, 0) is 81.0 Å². The third-order valence-electron chi connectivity index (χ3n) is 7.00. The van der Waals surface area contributed by atoms with Gasteiger partial charge in [0.15, 0.2) is 0 Å². The van der Waals surface area contributed by atoms with Crippen LogP contribution >= 0.6 is 11.6 Å². The monoisotopic (exact) mass is 445 g/mol. The van der Waals surface area contributed by atoms with E-state index in [1.807, 2.05) is 31.3 Å². The minimum absolute atomic E-state index is 0. The van der Waals surface area contributed by atoms with Gasteiger partial charge in [-0.2, -0.15) is 0 Å². The molecule has 0 bridgehead atoms. The SMILES string of the molecule is CNC1CCN(c2ccc(N(C)C(=O)C3CCC(c4ccc(Cl)cc4)CC3)cc2F)C1.[HH]. The molecule has 0 aromatic heterocycles. The average Bonchev–Trinajstić information content (AvgIpc) is 3.28. The highest BCUT2D eigenvalue weighted by molar-refractivity contribution is 6.30. The normalized spacial score (nSPS) is 23.7. The van der Waals surface area contributed by atoms with Crippen molar-refractivity contribution in [2.45, 2.75) is 44.1 Å². The molecule has 4 rings (SSSR count). The summed E-state index contributed by atoms with van der Waals surface area (Å²) in [5.74, 6) is 0.287. The quantitative estimate of drug-likeness (QED) is 0.663. The van der Waals surface area contributed by atoms with Gasteiger partial charge in [0.1, 0.15) is 5.82 Å². The van der Waals surface area contributed by atoms with E-state index in [2.05, 4.69) is 22.3 Å². The van der Waals surface area contributed by atoms with Gasteiger partial charge < -0.3 is 15.1 Å². The highest BCUT2D eigenvalue weighted by atomic mass is 35.5. The summed E-state index contributed by atoms with van der Waals surface area (Å²) in [6, 6.07) is 13.6. The van der Waals surface area contributed by atoms with E-state index >= 15 is 0 Å². The van der Waals surface area contributed by atoms with Crippen molar-refractivity contribution in [2.24, 2.45) is 5.92 Å². The maximum absolute atomic E-state index is 14.9. The molecule has 1 amide bonds. The van der Waals surface area contributed by atoms with Gasteiger partial charge in [-0.25, -0.2) is 4.39 Å². The van der Waals surface area contributed by atoms with E-state index in [-0.39, 0.29) is 19.1 Å². The van der Waals surface area contributed by atoms with E-state index in [0.29, 0.717) is 23.3 Å². The third-order valence-corrected chi connectivity index (χ3v) is 7.26. The molecule has 2 aromatic rings. The largest absolute Gasteiger partial charge is 0.368 e. The molecule has 0 spiro atoms. The summed E-state index contributed by atoms with van der Waals surface area (Å²) in [5, 5.41) is 4.01. The van der Waals surface area contributed by atoms with Crippen molar-refractivity contribution in [3.63, 3.8) is 0 Å². The number of anilines is 2. The van der Waals surface area contributed by atoms with Gasteiger partial charge in [-0.1, -0.05) is 23.7 Å². The summed E-state index contributed by atoms with van der Waals surface area (Å²) in [6.07, 6.45) is 4.70. The second-order valence-corrected chi connectivity index (χ2v) is 9.29. The number of rotatable bonds is 5. The number of benzene rings is 2. The molecule has 1 atom stereocenters. The lowest BCUT2D eigenvalue weighted by Crippen LogP contribution is -2.35. The van der Waals surface area contributed by atoms with Crippen LogP contribution in [0.2, 0.25) is 5.02 Å². The number of nitrogens with one attached hydrogen (secondary N) is 1. The number of nitrogens with zero attached hydrogens (tertiary/aromatic N) is 2. The number of amides is 1. The van der Waals surface area contributed by atoms with Crippen molar-refractivity contribution < 1.29 is 10.6 Å². The molecule has 1 N–H and O–H groups in total. The molecule has 1 unspecified atom stereocenters. The molecule has 2 aromatic carbocycles. The number of carbonyl (C=O) groups is 1. The first-order chi connectivity index (χ1) is 15.0.